The summed E-state index contributed by atoms with van der Waals surface area (Å²) >= 11 is 0. The second-order valence-corrected chi connectivity index (χ2v) is 7.34. The van der Waals surface area contributed by atoms with Crippen LogP contribution in [0.15, 0.2) is 24.3 Å². The zero-order valence-electron chi connectivity index (χ0n) is 13.0. The monoisotopic (exact) mass is 272 g/mol. The molecule has 1 aliphatic heterocycles. The Hall–Kier alpha value is -1.02. The summed E-state index contributed by atoms with van der Waals surface area (Å²) in [7, 11) is 0. The summed E-state index contributed by atoms with van der Waals surface area (Å²) in [6.07, 6.45) is 6.74. The molecule has 20 heavy (non-hydrogen) atoms. The molecule has 2 aliphatic rings. The molecular weight excluding hydrogens is 244 g/mol. The molecule has 3 rings (SSSR count). The van der Waals surface area contributed by atoms with Gasteiger partial charge in [-0.3, -0.25) is 0 Å². The fraction of sp³-hybridized carbons (Fsp3) is 0.667. The van der Waals surface area contributed by atoms with Gasteiger partial charge in [-0.1, -0.05) is 32.4 Å². The first-order valence-corrected chi connectivity index (χ1v) is 8.14. The van der Waals surface area contributed by atoms with Gasteiger partial charge >= 0.3 is 0 Å². The minimum absolute atomic E-state index is 0.438. The number of hydrogen-bond acceptors (Lipinski definition) is 2. The molecule has 2 N–H and O–H groups in total. The molecule has 0 aromatic heterocycles. The summed E-state index contributed by atoms with van der Waals surface area (Å²) in [5, 5.41) is 0. The van der Waals surface area contributed by atoms with Gasteiger partial charge in [0.1, 0.15) is 0 Å². The molecule has 2 nitrogen and oxygen atoms in total. The number of likely N-dealkylation sites (tertiary alicyclic amines) is 1. The summed E-state index contributed by atoms with van der Waals surface area (Å²) in [5.74, 6) is 0. The van der Waals surface area contributed by atoms with Crippen molar-refractivity contribution in [1.29, 1.82) is 0 Å². The largest absolute Gasteiger partial charge is 0.399 e. The topological polar surface area (TPSA) is 29.3 Å². The van der Waals surface area contributed by atoms with Gasteiger partial charge in [-0.15, -0.1) is 0 Å². The first-order valence-electron chi connectivity index (χ1n) is 8.14. The molecule has 0 atom stereocenters. The number of anilines is 1. The molecule has 1 saturated carbocycles. The summed E-state index contributed by atoms with van der Waals surface area (Å²) in [6.45, 7) is 8.60. The van der Waals surface area contributed by atoms with Crippen LogP contribution in [-0.2, 0) is 5.41 Å². The number of nitrogens with two attached hydrogens (primary N) is 1. The lowest BCUT2D eigenvalue weighted by Gasteiger charge is -2.40. The average Bonchev–Trinajstić information content (AvgIpc) is 3.23. The first-order chi connectivity index (χ1) is 9.55. The van der Waals surface area contributed by atoms with Gasteiger partial charge in [0.15, 0.2) is 0 Å². The van der Waals surface area contributed by atoms with E-state index in [-0.39, 0.29) is 0 Å². The highest BCUT2D eigenvalue weighted by molar-refractivity contribution is 5.43. The Labute approximate surface area is 123 Å². The zero-order valence-corrected chi connectivity index (χ0v) is 13.0. The predicted octanol–water partition coefficient (Wildman–Crippen LogP) is 3.81. The van der Waals surface area contributed by atoms with Crippen molar-refractivity contribution in [2.75, 3.05) is 25.4 Å². The van der Waals surface area contributed by atoms with Crippen LogP contribution in [0.4, 0.5) is 5.69 Å². The molecular formula is C18H28N2. The van der Waals surface area contributed by atoms with E-state index >= 15 is 0 Å². The average molecular weight is 272 g/mol. The van der Waals surface area contributed by atoms with E-state index in [9.17, 15) is 0 Å². The lowest BCUT2D eigenvalue weighted by atomic mass is 9.78. The van der Waals surface area contributed by atoms with Crippen LogP contribution in [0.5, 0.6) is 0 Å². The van der Waals surface area contributed by atoms with Crippen LogP contribution in [0.25, 0.3) is 0 Å². The van der Waals surface area contributed by atoms with Crippen molar-refractivity contribution in [3.05, 3.63) is 29.8 Å². The molecule has 1 aromatic rings. The Bertz CT molecular complexity index is 451. The maximum atomic E-state index is 5.81. The number of benzene rings is 1. The van der Waals surface area contributed by atoms with Crippen LogP contribution in [0.1, 0.15) is 51.5 Å². The normalized spacial score (nSPS) is 24.5. The van der Waals surface area contributed by atoms with Crippen LogP contribution in [0.3, 0.4) is 0 Å². The van der Waals surface area contributed by atoms with Crippen molar-refractivity contribution in [1.82, 2.24) is 4.90 Å². The van der Waals surface area contributed by atoms with Gasteiger partial charge in [-0.05, 0) is 61.9 Å². The lowest BCUT2D eigenvalue weighted by molar-refractivity contribution is 0.107. The summed E-state index contributed by atoms with van der Waals surface area (Å²) in [5.41, 5.74) is 9.21. The number of piperidine rings is 1. The molecule has 1 saturated heterocycles. The highest BCUT2D eigenvalue weighted by atomic mass is 15.1. The molecule has 2 heteroatoms. The Balaban J connectivity index is 1.62. The number of nitrogen functional groups attached to an aromatic ring is 1. The molecule has 1 aromatic carbocycles. The van der Waals surface area contributed by atoms with E-state index in [1.807, 2.05) is 0 Å². The van der Waals surface area contributed by atoms with E-state index in [2.05, 4.69) is 43.0 Å². The third-order valence-electron chi connectivity index (χ3n) is 5.82. The molecule has 110 valence electrons. The Kier molecular flexibility index (Phi) is 3.53. The second-order valence-electron chi connectivity index (χ2n) is 7.34. The van der Waals surface area contributed by atoms with E-state index in [0.29, 0.717) is 10.8 Å². The summed E-state index contributed by atoms with van der Waals surface area (Å²) < 4.78 is 0. The maximum absolute atomic E-state index is 5.81. The standard InChI is InChI=1S/C18H28N2/c1-3-17(2)10-12-20(13-11-17)14-18(8-9-18)15-4-6-16(19)7-5-15/h4-7H,3,8-14,19H2,1-2H3. The van der Waals surface area contributed by atoms with Gasteiger partial charge in [-0.25, -0.2) is 0 Å². The third-order valence-corrected chi connectivity index (χ3v) is 5.82. The Morgan fingerprint density at radius 3 is 2.15 bits per heavy atom. The summed E-state index contributed by atoms with van der Waals surface area (Å²) in [4.78, 5) is 2.70. The number of nitrogens with zero attached hydrogens (tertiary/aromatic N) is 1. The minimum Gasteiger partial charge on any atom is -0.399 e. The molecule has 0 unspecified atom stereocenters. The van der Waals surface area contributed by atoms with Crippen molar-refractivity contribution in [2.45, 2.75) is 51.4 Å². The zero-order chi connectivity index (χ0) is 14.2. The molecule has 0 bridgehead atoms. The SMILES string of the molecule is CCC1(C)CCN(CC2(c3ccc(N)cc3)CC2)CC1. The fourth-order valence-corrected chi connectivity index (χ4v) is 3.56. The predicted molar refractivity (Wildman–Crippen MR) is 85.8 cm³/mol. The van der Waals surface area contributed by atoms with Gasteiger partial charge in [0, 0.05) is 17.6 Å². The van der Waals surface area contributed by atoms with Gasteiger partial charge in [0.2, 0.25) is 0 Å². The first kappa shape index (κ1) is 13.9. The molecule has 1 heterocycles. The van der Waals surface area contributed by atoms with Gasteiger partial charge < -0.3 is 10.6 Å². The van der Waals surface area contributed by atoms with Crippen molar-refractivity contribution < 1.29 is 0 Å². The van der Waals surface area contributed by atoms with E-state index in [1.165, 1.54) is 57.3 Å². The highest BCUT2D eigenvalue weighted by Gasteiger charge is 2.46. The molecule has 0 radical (unpaired) electrons. The van der Waals surface area contributed by atoms with E-state index in [4.69, 9.17) is 5.73 Å². The number of hydrogen-bond donors (Lipinski definition) is 1. The molecule has 0 amide bonds. The molecule has 0 spiro atoms. The smallest absolute Gasteiger partial charge is 0.0314 e. The fourth-order valence-electron chi connectivity index (χ4n) is 3.56. The molecule has 2 fully saturated rings. The van der Waals surface area contributed by atoms with Crippen LogP contribution >= 0.6 is 0 Å². The van der Waals surface area contributed by atoms with Crippen LogP contribution in [-0.4, -0.2) is 24.5 Å². The van der Waals surface area contributed by atoms with Crippen molar-refractivity contribution in [2.24, 2.45) is 5.41 Å². The van der Waals surface area contributed by atoms with Crippen LogP contribution < -0.4 is 5.73 Å². The van der Waals surface area contributed by atoms with Gasteiger partial charge in [0.25, 0.3) is 0 Å². The maximum Gasteiger partial charge on any atom is 0.0314 e. The van der Waals surface area contributed by atoms with E-state index in [1.54, 1.807) is 0 Å². The molecule has 1 aliphatic carbocycles. The quantitative estimate of drug-likeness (QED) is 0.844. The lowest BCUT2D eigenvalue weighted by Crippen LogP contribution is -2.42. The van der Waals surface area contributed by atoms with Crippen LogP contribution in [0, 0.1) is 5.41 Å². The second kappa shape index (κ2) is 5.07. The Morgan fingerprint density at radius 2 is 1.65 bits per heavy atom. The van der Waals surface area contributed by atoms with Crippen molar-refractivity contribution in [3.8, 4) is 0 Å². The van der Waals surface area contributed by atoms with Crippen LogP contribution in [0.2, 0.25) is 0 Å². The van der Waals surface area contributed by atoms with Crippen molar-refractivity contribution >= 4 is 5.69 Å². The van der Waals surface area contributed by atoms with Gasteiger partial charge in [0.05, 0.1) is 0 Å². The Morgan fingerprint density at radius 1 is 1.05 bits per heavy atom. The van der Waals surface area contributed by atoms with E-state index in [0.717, 1.165) is 5.69 Å². The third kappa shape index (κ3) is 2.71. The van der Waals surface area contributed by atoms with Crippen molar-refractivity contribution in [3.63, 3.8) is 0 Å². The highest BCUT2D eigenvalue weighted by Crippen LogP contribution is 2.49. The number of rotatable bonds is 4. The minimum atomic E-state index is 0.438. The van der Waals surface area contributed by atoms with E-state index < -0.39 is 0 Å². The summed E-state index contributed by atoms with van der Waals surface area (Å²) in [6, 6.07) is 8.59. The van der Waals surface area contributed by atoms with Gasteiger partial charge in [-0.2, -0.15) is 0 Å².